The van der Waals surface area contributed by atoms with Crippen molar-refractivity contribution in [2.45, 2.75) is 63.5 Å². The summed E-state index contributed by atoms with van der Waals surface area (Å²) >= 11 is 0. The van der Waals surface area contributed by atoms with Crippen LogP contribution >= 0.6 is 0 Å². The Bertz CT molecular complexity index is 555. The lowest BCUT2D eigenvalue weighted by atomic mass is 9.64. The first-order valence-corrected chi connectivity index (χ1v) is 9.90. The molecule has 1 heterocycles. The zero-order valence-corrected chi connectivity index (χ0v) is 16.1. The second-order valence-corrected chi connectivity index (χ2v) is 7.97. The highest BCUT2D eigenvalue weighted by atomic mass is 15.2. The molecular formula is C21H34N4. The predicted molar refractivity (Wildman–Crippen MR) is 106 cm³/mol. The third kappa shape index (κ3) is 4.35. The number of nitrogens with zero attached hydrogens (tertiary/aromatic N) is 2. The zero-order valence-electron chi connectivity index (χ0n) is 16.1. The molecule has 4 nitrogen and oxygen atoms in total. The lowest BCUT2D eigenvalue weighted by Crippen LogP contribution is -2.53. The van der Waals surface area contributed by atoms with Crippen molar-refractivity contribution >= 4 is 5.96 Å². The molecule has 0 bridgehead atoms. The minimum atomic E-state index is 0.292. The number of aliphatic imine (C=N–C) groups is 1. The molecule has 0 unspecified atom stereocenters. The number of hydrogen-bond donors (Lipinski definition) is 2. The third-order valence-corrected chi connectivity index (χ3v) is 6.12. The quantitative estimate of drug-likeness (QED) is 0.638. The van der Waals surface area contributed by atoms with Gasteiger partial charge < -0.3 is 15.5 Å². The molecular weight excluding hydrogens is 308 g/mol. The van der Waals surface area contributed by atoms with Gasteiger partial charge in [0.25, 0.3) is 0 Å². The SMILES string of the molecule is CN=C(NCC1(c2ccccc2)CCC1)NC1CCN(C(C)C)CC1. The van der Waals surface area contributed by atoms with Crippen molar-refractivity contribution in [2.24, 2.45) is 4.99 Å². The molecule has 1 aromatic carbocycles. The topological polar surface area (TPSA) is 39.7 Å². The van der Waals surface area contributed by atoms with Gasteiger partial charge in [-0.3, -0.25) is 4.99 Å². The summed E-state index contributed by atoms with van der Waals surface area (Å²) in [6.07, 6.45) is 6.27. The van der Waals surface area contributed by atoms with Crippen LogP contribution in [0.4, 0.5) is 0 Å². The Hall–Kier alpha value is -1.55. The van der Waals surface area contributed by atoms with E-state index in [4.69, 9.17) is 0 Å². The molecule has 0 spiro atoms. The van der Waals surface area contributed by atoms with E-state index in [0.717, 1.165) is 12.5 Å². The summed E-state index contributed by atoms with van der Waals surface area (Å²) in [4.78, 5) is 7.03. The minimum absolute atomic E-state index is 0.292. The van der Waals surface area contributed by atoms with E-state index < -0.39 is 0 Å². The summed E-state index contributed by atoms with van der Waals surface area (Å²) in [5.74, 6) is 0.963. The Morgan fingerprint density at radius 1 is 1.20 bits per heavy atom. The highest BCUT2D eigenvalue weighted by molar-refractivity contribution is 5.80. The second kappa shape index (κ2) is 8.22. The Labute approximate surface area is 153 Å². The molecule has 1 aromatic rings. The van der Waals surface area contributed by atoms with Crippen LogP contribution in [0.3, 0.4) is 0 Å². The third-order valence-electron chi connectivity index (χ3n) is 6.12. The fourth-order valence-corrected chi connectivity index (χ4v) is 4.16. The number of rotatable bonds is 5. The van der Waals surface area contributed by atoms with Gasteiger partial charge in [-0.1, -0.05) is 36.8 Å². The molecule has 2 N–H and O–H groups in total. The van der Waals surface area contributed by atoms with Crippen LogP contribution in [0, 0.1) is 0 Å². The van der Waals surface area contributed by atoms with E-state index in [1.165, 1.54) is 50.8 Å². The lowest BCUT2D eigenvalue weighted by Gasteiger charge is -2.43. The van der Waals surface area contributed by atoms with Crippen molar-refractivity contribution in [2.75, 3.05) is 26.7 Å². The largest absolute Gasteiger partial charge is 0.356 e. The van der Waals surface area contributed by atoms with Crippen molar-refractivity contribution in [3.05, 3.63) is 35.9 Å². The van der Waals surface area contributed by atoms with E-state index >= 15 is 0 Å². The molecule has 1 aliphatic carbocycles. The zero-order chi connectivity index (χ0) is 17.7. The molecule has 138 valence electrons. The number of nitrogens with one attached hydrogen (secondary N) is 2. The van der Waals surface area contributed by atoms with Gasteiger partial charge in [-0.05, 0) is 45.1 Å². The highest BCUT2D eigenvalue weighted by Crippen LogP contribution is 2.43. The number of likely N-dealkylation sites (tertiary alicyclic amines) is 1. The Balaban J connectivity index is 1.51. The second-order valence-electron chi connectivity index (χ2n) is 7.97. The van der Waals surface area contributed by atoms with E-state index in [2.05, 4.69) is 64.7 Å². The van der Waals surface area contributed by atoms with E-state index in [9.17, 15) is 0 Å². The molecule has 2 fully saturated rings. The molecule has 0 radical (unpaired) electrons. The number of hydrogen-bond acceptors (Lipinski definition) is 2. The summed E-state index contributed by atoms with van der Waals surface area (Å²) < 4.78 is 0. The maximum Gasteiger partial charge on any atom is 0.191 e. The average Bonchev–Trinajstić information content (AvgIpc) is 2.61. The molecule has 1 aliphatic heterocycles. The van der Waals surface area contributed by atoms with Crippen LogP contribution in [0.15, 0.2) is 35.3 Å². The van der Waals surface area contributed by atoms with E-state index in [1.807, 2.05) is 7.05 Å². The van der Waals surface area contributed by atoms with E-state index in [-0.39, 0.29) is 0 Å². The van der Waals surface area contributed by atoms with Gasteiger partial charge in [0.2, 0.25) is 0 Å². The van der Waals surface area contributed by atoms with Gasteiger partial charge in [0.1, 0.15) is 0 Å². The normalized spacial score (nSPS) is 21.8. The van der Waals surface area contributed by atoms with Crippen LogP contribution < -0.4 is 10.6 Å². The molecule has 1 saturated heterocycles. The van der Waals surface area contributed by atoms with Crippen LogP contribution in [-0.2, 0) is 5.41 Å². The Kier molecular flexibility index (Phi) is 6.00. The van der Waals surface area contributed by atoms with Crippen LogP contribution in [0.1, 0.15) is 51.5 Å². The molecule has 0 amide bonds. The summed E-state index contributed by atoms with van der Waals surface area (Å²) in [7, 11) is 1.88. The molecule has 3 rings (SSSR count). The van der Waals surface area contributed by atoms with Crippen LogP contribution in [0.2, 0.25) is 0 Å². The van der Waals surface area contributed by atoms with Gasteiger partial charge in [-0.15, -0.1) is 0 Å². The number of benzene rings is 1. The first-order valence-electron chi connectivity index (χ1n) is 9.90. The molecule has 0 atom stereocenters. The van der Waals surface area contributed by atoms with Crippen LogP contribution in [-0.4, -0.2) is 49.6 Å². The highest BCUT2D eigenvalue weighted by Gasteiger charge is 2.38. The fourth-order valence-electron chi connectivity index (χ4n) is 4.16. The smallest absolute Gasteiger partial charge is 0.191 e. The van der Waals surface area contributed by atoms with Crippen molar-refractivity contribution < 1.29 is 0 Å². The van der Waals surface area contributed by atoms with Gasteiger partial charge >= 0.3 is 0 Å². The van der Waals surface area contributed by atoms with E-state index in [0.29, 0.717) is 17.5 Å². The van der Waals surface area contributed by atoms with Gasteiger partial charge in [-0.2, -0.15) is 0 Å². The van der Waals surface area contributed by atoms with Crippen LogP contribution in [0.5, 0.6) is 0 Å². The fraction of sp³-hybridized carbons (Fsp3) is 0.667. The first-order chi connectivity index (χ1) is 12.1. The maximum absolute atomic E-state index is 4.47. The first kappa shape index (κ1) is 18.2. The van der Waals surface area contributed by atoms with Gasteiger partial charge in [0, 0.05) is 44.2 Å². The number of guanidine groups is 1. The van der Waals surface area contributed by atoms with Crippen molar-refractivity contribution in [1.29, 1.82) is 0 Å². The molecule has 1 saturated carbocycles. The van der Waals surface area contributed by atoms with Crippen LogP contribution in [0.25, 0.3) is 0 Å². The van der Waals surface area contributed by atoms with Gasteiger partial charge in [-0.25, -0.2) is 0 Å². The average molecular weight is 343 g/mol. The van der Waals surface area contributed by atoms with Crippen molar-refractivity contribution in [1.82, 2.24) is 15.5 Å². The standard InChI is InChI=1S/C21H34N4/c1-17(2)25-14-10-19(11-15-25)24-20(22-3)23-16-21(12-7-13-21)18-8-5-4-6-9-18/h4-6,8-9,17,19H,7,10-16H2,1-3H3,(H2,22,23,24). The summed E-state index contributed by atoms with van der Waals surface area (Å²) in [5.41, 5.74) is 1.76. The molecule has 4 heteroatoms. The Morgan fingerprint density at radius 2 is 1.88 bits per heavy atom. The molecule has 0 aromatic heterocycles. The lowest BCUT2D eigenvalue weighted by molar-refractivity contribution is 0.167. The summed E-state index contributed by atoms with van der Waals surface area (Å²) in [6.45, 7) is 7.91. The summed E-state index contributed by atoms with van der Waals surface area (Å²) in [6, 6.07) is 12.2. The minimum Gasteiger partial charge on any atom is -0.356 e. The Morgan fingerprint density at radius 3 is 2.40 bits per heavy atom. The monoisotopic (exact) mass is 342 g/mol. The summed E-state index contributed by atoms with van der Waals surface area (Å²) in [5, 5.41) is 7.27. The van der Waals surface area contributed by atoms with Gasteiger partial charge in [0.05, 0.1) is 0 Å². The maximum atomic E-state index is 4.47. The predicted octanol–water partition coefficient (Wildman–Crippen LogP) is 3.15. The van der Waals surface area contributed by atoms with Gasteiger partial charge in [0.15, 0.2) is 5.96 Å². The van der Waals surface area contributed by atoms with Crippen molar-refractivity contribution in [3.63, 3.8) is 0 Å². The van der Waals surface area contributed by atoms with E-state index in [1.54, 1.807) is 0 Å². The van der Waals surface area contributed by atoms with Crippen molar-refractivity contribution in [3.8, 4) is 0 Å². The molecule has 2 aliphatic rings. The number of piperidine rings is 1. The molecule has 25 heavy (non-hydrogen) atoms.